The van der Waals surface area contributed by atoms with Crippen molar-refractivity contribution in [1.82, 2.24) is 14.7 Å². The monoisotopic (exact) mass is 920 g/mol. The number of likely N-dealkylation sites (N-methyl/N-ethyl adjacent to an activating group) is 3. The molecule has 68 heavy (non-hydrogen) atoms. The zero-order valence-electron chi connectivity index (χ0n) is 42.5. The smallest absolute Gasteiger partial charge is 0.166 e. The van der Waals surface area contributed by atoms with Gasteiger partial charge in [0, 0.05) is 57.0 Å². The standard InChI is InChI=1S/C20H27NO2.C20H25NO2.C19H21NO2/c2*1-12-7-8-19(2)15-11-13-5-6-14(22-4)17-16(13)20(19,18(12)23-17)9-10-21(15)3;1-11-4-6-13-14-10-12-5-7-15(21-3)17-16(12)19(13,18(11)22-17)8-9-20(14)2/h5-6,12,15,18H,7-11H2,1-4H3;5-8,12,15,18H,9-11H2,1-4H3;4-7,14,18H,8-10H2,1-3H3/t2*12?,15?,18-,19?,20-;14?,18-,19-/m000/s1. The second-order valence-corrected chi connectivity index (χ2v) is 23.7. The van der Waals surface area contributed by atoms with Crippen molar-refractivity contribution in [1.29, 1.82) is 0 Å². The number of nitrogens with zero attached hydrogens (tertiary/aromatic N) is 3. The molecule has 1 saturated carbocycles. The summed E-state index contributed by atoms with van der Waals surface area (Å²) in [7, 11) is 12.1. The number of hydrogen-bond donors (Lipinski definition) is 0. The van der Waals surface area contributed by atoms with E-state index in [1.54, 1.807) is 26.9 Å². The van der Waals surface area contributed by atoms with Crippen LogP contribution in [0.25, 0.3) is 0 Å². The number of methoxy groups -OCH3 is 3. The summed E-state index contributed by atoms with van der Waals surface area (Å²) in [5.41, 5.74) is 12.5. The summed E-state index contributed by atoms with van der Waals surface area (Å²) in [6.07, 6.45) is 19.7. The van der Waals surface area contributed by atoms with E-state index in [0.717, 1.165) is 73.3 Å². The molecular weight excluding hydrogens is 847 g/mol. The van der Waals surface area contributed by atoms with Gasteiger partial charge in [0.05, 0.1) is 26.7 Å². The van der Waals surface area contributed by atoms with Gasteiger partial charge in [0.15, 0.2) is 34.5 Å². The third-order valence-corrected chi connectivity index (χ3v) is 21.3. The maximum Gasteiger partial charge on any atom is 0.166 e. The van der Waals surface area contributed by atoms with E-state index < -0.39 is 0 Å². The summed E-state index contributed by atoms with van der Waals surface area (Å²) < 4.78 is 36.7. The minimum Gasteiger partial charge on any atom is -0.493 e. The van der Waals surface area contributed by atoms with Gasteiger partial charge in [-0.05, 0) is 156 Å². The van der Waals surface area contributed by atoms with Gasteiger partial charge < -0.3 is 38.2 Å². The molecule has 13 atom stereocenters. The lowest BCUT2D eigenvalue weighted by Gasteiger charge is -2.65. The first-order chi connectivity index (χ1) is 32.7. The topological polar surface area (TPSA) is 65.1 Å². The van der Waals surface area contributed by atoms with Crippen LogP contribution >= 0.6 is 0 Å². The van der Waals surface area contributed by atoms with Gasteiger partial charge >= 0.3 is 0 Å². The van der Waals surface area contributed by atoms with E-state index in [1.165, 1.54) is 71.2 Å². The van der Waals surface area contributed by atoms with Crippen molar-refractivity contribution in [3.05, 3.63) is 105 Å². The lowest BCUT2D eigenvalue weighted by molar-refractivity contribution is -0.124. The summed E-state index contributed by atoms with van der Waals surface area (Å²) in [6, 6.07) is 14.8. The van der Waals surface area contributed by atoms with E-state index in [2.05, 4.69) is 131 Å². The minimum atomic E-state index is 0.0491. The van der Waals surface area contributed by atoms with E-state index in [1.807, 2.05) is 0 Å². The third-order valence-electron chi connectivity index (χ3n) is 21.3. The van der Waals surface area contributed by atoms with Crippen molar-refractivity contribution in [3.63, 3.8) is 0 Å². The normalized spacial score (nSPS) is 40.5. The molecule has 9 heteroatoms. The number of allylic oxidation sites excluding steroid dienone is 2. The molecule has 3 spiro atoms. The highest BCUT2D eigenvalue weighted by Crippen LogP contribution is 2.71. The molecular formula is C59H73N3O6. The molecule has 3 saturated heterocycles. The highest BCUT2D eigenvalue weighted by Gasteiger charge is 2.71. The first-order valence-electron chi connectivity index (χ1n) is 26.0. The summed E-state index contributed by atoms with van der Waals surface area (Å²) >= 11 is 0. The second-order valence-electron chi connectivity index (χ2n) is 23.7. The molecule has 6 heterocycles. The maximum absolute atomic E-state index is 6.67. The Morgan fingerprint density at radius 3 is 1.82 bits per heavy atom. The molecule has 6 bridgehead atoms. The lowest BCUT2D eigenvalue weighted by atomic mass is 9.43. The van der Waals surface area contributed by atoms with Crippen LogP contribution in [0.4, 0.5) is 0 Å². The summed E-state index contributed by atoms with van der Waals surface area (Å²) in [6.45, 7) is 15.4. The van der Waals surface area contributed by atoms with E-state index in [9.17, 15) is 0 Å². The number of rotatable bonds is 3. The maximum atomic E-state index is 6.67. The highest BCUT2D eigenvalue weighted by molar-refractivity contribution is 5.68. The van der Waals surface area contributed by atoms with Crippen molar-refractivity contribution in [2.24, 2.45) is 22.7 Å². The predicted molar refractivity (Wildman–Crippen MR) is 266 cm³/mol. The molecule has 0 radical (unpaired) electrons. The van der Waals surface area contributed by atoms with Gasteiger partial charge in [-0.2, -0.15) is 0 Å². The van der Waals surface area contributed by atoms with Crippen LogP contribution in [0.5, 0.6) is 34.5 Å². The van der Waals surface area contributed by atoms with Crippen molar-refractivity contribution < 1.29 is 28.4 Å². The fourth-order valence-electron chi connectivity index (χ4n) is 17.9. The Balaban J connectivity index is 0.000000101. The average molecular weight is 920 g/mol. The van der Waals surface area contributed by atoms with Gasteiger partial charge in [-0.15, -0.1) is 0 Å². The first kappa shape index (κ1) is 43.6. The fourth-order valence-corrected chi connectivity index (χ4v) is 17.9. The van der Waals surface area contributed by atoms with Crippen LogP contribution in [0.1, 0.15) is 100 Å². The van der Waals surface area contributed by atoms with Crippen LogP contribution < -0.4 is 28.4 Å². The number of ether oxygens (including phenoxy) is 6. The van der Waals surface area contributed by atoms with Crippen LogP contribution in [-0.4, -0.2) is 113 Å². The van der Waals surface area contributed by atoms with Crippen molar-refractivity contribution >= 4 is 0 Å². The Hall–Kier alpha value is -4.44. The van der Waals surface area contributed by atoms with Crippen LogP contribution in [0.2, 0.25) is 0 Å². The largest absolute Gasteiger partial charge is 0.493 e. The van der Waals surface area contributed by atoms with Gasteiger partial charge in [0.25, 0.3) is 0 Å². The molecule has 3 aromatic rings. The van der Waals surface area contributed by atoms with Crippen molar-refractivity contribution in [3.8, 4) is 34.5 Å². The Bertz CT molecular complexity index is 2730. The lowest BCUT2D eigenvalue weighted by Crippen LogP contribution is -2.70. The molecule has 0 amide bonds. The molecule has 7 unspecified atom stereocenters. The Morgan fingerprint density at radius 2 is 1.16 bits per heavy atom. The number of likely N-dealkylation sites (tertiary alicyclic amines) is 3. The third kappa shape index (κ3) is 5.04. The van der Waals surface area contributed by atoms with Crippen LogP contribution in [0, 0.1) is 22.7 Å². The van der Waals surface area contributed by atoms with Gasteiger partial charge in [-0.1, -0.05) is 70.2 Å². The van der Waals surface area contributed by atoms with Crippen LogP contribution in [-0.2, 0) is 35.5 Å². The van der Waals surface area contributed by atoms with Gasteiger partial charge in [0.1, 0.15) is 18.3 Å². The van der Waals surface area contributed by atoms with E-state index >= 15 is 0 Å². The number of hydrogen-bond acceptors (Lipinski definition) is 9. The van der Waals surface area contributed by atoms with E-state index in [4.69, 9.17) is 28.4 Å². The zero-order valence-corrected chi connectivity index (χ0v) is 42.5. The fraction of sp³-hybridized carbons (Fsp3) is 0.593. The summed E-state index contributed by atoms with van der Waals surface area (Å²) in [5.74, 6) is 6.86. The Labute approximate surface area is 404 Å². The molecule has 6 aliphatic carbocycles. The SMILES string of the molecule is COc1ccc2c3c1O[C@H]1C(C)=CC=C4C(C2)N(C)CC[C@]431.COc1ccc2c3c1O[C@H]1C(C)C=CC4(C)C(C2)N(C)CC[C@]314.COc1ccc2c3c1O[C@H]1C(C)CCC4(C)C(C2)N(C)CC[C@]314. The van der Waals surface area contributed by atoms with Gasteiger partial charge in [-0.3, -0.25) is 4.90 Å². The Kier molecular flexibility index (Phi) is 9.34. The van der Waals surface area contributed by atoms with E-state index in [-0.39, 0.29) is 33.9 Å². The summed E-state index contributed by atoms with van der Waals surface area (Å²) in [5, 5.41) is 0. The van der Waals surface area contributed by atoms with Crippen molar-refractivity contribution in [2.45, 2.75) is 139 Å². The molecule has 12 aliphatic rings. The molecule has 0 N–H and O–H groups in total. The molecule has 4 fully saturated rings. The molecule has 0 aromatic heterocycles. The molecule has 360 valence electrons. The van der Waals surface area contributed by atoms with Gasteiger partial charge in [-0.25, -0.2) is 0 Å². The molecule has 3 aromatic carbocycles. The zero-order chi connectivity index (χ0) is 47.0. The van der Waals surface area contributed by atoms with Crippen molar-refractivity contribution in [2.75, 3.05) is 62.1 Å². The average Bonchev–Trinajstić information content (AvgIpc) is 4.01. The molecule has 6 aliphatic heterocycles. The minimum absolute atomic E-state index is 0.0491. The molecule has 15 rings (SSSR count). The van der Waals surface area contributed by atoms with Crippen LogP contribution in [0.15, 0.2) is 71.8 Å². The molecule has 9 nitrogen and oxygen atoms in total. The number of piperidine rings is 3. The second kappa shape index (κ2) is 14.6. The van der Waals surface area contributed by atoms with Gasteiger partial charge in [0.2, 0.25) is 0 Å². The number of benzene rings is 3. The predicted octanol–water partition coefficient (Wildman–Crippen LogP) is 9.40. The first-order valence-corrected chi connectivity index (χ1v) is 26.0. The quantitative estimate of drug-likeness (QED) is 0.239. The summed E-state index contributed by atoms with van der Waals surface area (Å²) in [4.78, 5) is 7.69. The van der Waals surface area contributed by atoms with E-state index in [0.29, 0.717) is 41.5 Å². The Morgan fingerprint density at radius 1 is 0.603 bits per heavy atom. The highest BCUT2D eigenvalue weighted by atomic mass is 16.5. The van der Waals surface area contributed by atoms with Crippen LogP contribution in [0.3, 0.4) is 0 Å².